The number of aromatic nitrogens is 2. The van der Waals surface area contributed by atoms with Crippen LogP contribution in [0.1, 0.15) is 36.3 Å². The number of imidazole rings is 1. The number of nitrogens with two attached hydrogens (primary N) is 1. The Hall–Kier alpha value is -1.61. The first kappa shape index (κ1) is 11.9. The maximum Gasteiger partial charge on any atom is 0.130 e. The third-order valence-electron chi connectivity index (χ3n) is 3.01. The molecule has 0 fully saturated rings. The maximum absolute atomic E-state index is 6.31. The van der Waals surface area contributed by atoms with Gasteiger partial charge in [0.15, 0.2) is 0 Å². The van der Waals surface area contributed by atoms with Crippen molar-refractivity contribution in [1.29, 1.82) is 0 Å². The Balaban J connectivity index is 2.34. The molecular formula is C14H19N3. The molecular weight excluding hydrogens is 210 g/mol. The van der Waals surface area contributed by atoms with E-state index in [9.17, 15) is 0 Å². The van der Waals surface area contributed by atoms with Crippen LogP contribution in [0, 0.1) is 6.92 Å². The molecule has 0 aliphatic rings. The molecule has 1 aromatic carbocycles. The fourth-order valence-corrected chi connectivity index (χ4v) is 2.10. The molecule has 1 aromatic heterocycles. The van der Waals surface area contributed by atoms with E-state index in [2.05, 4.69) is 35.5 Å². The summed E-state index contributed by atoms with van der Waals surface area (Å²) in [6.07, 6.45) is 4.91. The summed E-state index contributed by atoms with van der Waals surface area (Å²) in [5.41, 5.74) is 8.67. The number of hydrogen-bond acceptors (Lipinski definition) is 2. The van der Waals surface area contributed by atoms with Crippen molar-refractivity contribution in [3.63, 3.8) is 0 Å². The summed E-state index contributed by atoms with van der Waals surface area (Å²) < 4.78 is 2.14. The zero-order valence-electron chi connectivity index (χ0n) is 10.4. The van der Waals surface area contributed by atoms with Crippen LogP contribution in [0.15, 0.2) is 36.7 Å². The first-order chi connectivity index (χ1) is 8.24. The summed E-state index contributed by atoms with van der Waals surface area (Å²) in [4.78, 5) is 4.39. The largest absolute Gasteiger partial charge is 0.333 e. The van der Waals surface area contributed by atoms with Crippen LogP contribution in [0.3, 0.4) is 0 Å². The Labute approximate surface area is 102 Å². The summed E-state index contributed by atoms with van der Waals surface area (Å²) in [6.45, 7) is 5.21. The monoisotopic (exact) mass is 229 g/mol. The minimum Gasteiger partial charge on any atom is -0.333 e. The minimum absolute atomic E-state index is 0.141. The minimum atomic E-state index is -0.141. The van der Waals surface area contributed by atoms with Gasteiger partial charge in [0, 0.05) is 18.9 Å². The second-order valence-corrected chi connectivity index (χ2v) is 4.31. The van der Waals surface area contributed by atoms with Gasteiger partial charge in [-0.2, -0.15) is 0 Å². The lowest BCUT2D eigenvalue weighted by molar-refractivity contribution is 0.612. The Morgan fingerprint density at radius 1 is 1.35 bits per heavy atom. The van der Waals surface area contributed by atoms with E-state index < -0.39 is 0 Å². The maximum atomic E-state index is 6.31. The van der Waals surface area contributed by atoms with Gasteiger partial charge in [-0.15, -0.1) is 0 Å². The number of hydrogen-bond donors (Lipinski definition) is 1. The molecule has 1 atom stereocenters. The van der Waals surface area contributed by atoms with Crippen LogP contribution in [0.5, 0.6) is 0 Å². The fourth-order valence-electron chi connectivity index (χ4n) is 2.10. The molecule has 0 spiro atoms. The highest BCUT2D eigenvalue weighted by Gasteiger charge is 2.15. The predicted octanol–water partition coefficient (Wildman–Crippen LogP) is 2.65. The van der Waals surface area contributed by atoms with Crippen LogP contribution in [-0.4, -0.2) is 9.55 Å². The zero-order valence-corrected chi connectivity index (χ0v) is 10.4. The fraction of sp³-hybridized carbons (Fsp3) is 0.357. The van der Waals surface area contributed by atoms with Gasteiger partial charge in [-0.25, -0.2) is 4.98 Å². The zero-order chi connectivity index (χ0) is 12.3. The van der Waals surface area contributed by atoms with E-state index in [-0.39, 0.29) is 6.04 Å². The molecule has 2 N–H and O–H groups in total. The first-order valence-electron chi connectivity index (χ1n) is 6.06. The van der Waals surface area contributed by atoms with Crippen molar-refractivity contribution in [3.8, 4) is 0 Å². The molecule has 3 heteroatoms. The van der Waals surface area contributed by atoms with Crippen molar-refractivity contribution in [1.82, 2.24) is 9.55 Å². The number of nitrogens with zero attached hydrogens (tertiary/aromatic N) is 2. The summed E-state index contributed by atoms with van der Waals surface area (Å²) in [6, 6.07) is 8.07. The average molecular weight is 229 g/mol. The van der Waals surface area contributed by atoms with Crippen LogP contribution >= 0.6 is 0 Å². The Morgan fingerprint density at radius 2 is 2.12 bits per heavy atom. The Kier molecular flexibility index (Phi) is 3.59. The van der Waals surface area contributed by atoms with E-state index >= 15 is 0 Å². The van der Waals surface area contributed by atoms with E-state index in [1.807, 2.05) is 24.5 Å². The van der Waals surface area contributed by atoms with Crippen LogP contribution in [0.4, 0.5) is 0 Å². The third-order valence-corrected chi connectivity index (χ3v) is 3.01. The average Bonchev–Trinajstić information content (AvgIpc) is 2.78. The molecule has 0 radical (unpaired) electrons. The van der Waals surface area contributed by atoms with E-state index in [4.69, 9.17) is 5.73 Å². The van der Waals surface area contributed by atoms with Gasteiger partial charge in [-0.3, -0.25) is 0 Å². The predicted molar refractivity (Wildman–Crippen MR) is 69.7 cm³/mol. The highest BCUT2D eigenvalue weighted by molar-refractivity contribution is 5.32. The molecule has 0 aliphatic carbocycles. The van der Waals surface area contributed by atoms with Crippen molar-refractivity contribution < 1.29 is 0 Å². The topological polar surface area (TPSA) is 43.8 Å². The van der Waals surface area contributed by atoms with Crippen LogP contribution in [-0.2, 0) is 6.54 Å². The van der Waals surface area contributed by atoms with Gasteiger partial charge in [0.05, 0.1) is 6.04 Å². The molecule has 1 unspecified atom stereocenters. The van der Waals surface area contributed by atoms with E-state index in [1.54, 1.807) is 0 Å². The van der Waals surface area contributed by atoms with Crippen LogP contribution in [0.25, 0.3) is 0 Å². The van der Waals surface area contributed by atoms with Gasteiger partial charge in [0.1, 0.15) is 5.82 Å². The van der Waals surface area contributed by atoms with Gasteiger partial charge in [-0.1, -0.05) is 31.2 Å². The SMILES string of the molecule is CCCn1ccnc1C(N)c1ccccc1C. The normalized spacial score (nSPS) is 12.6. The van der Waals surface area contributed by atoms with Crippen molar-refractivity contribution in [2.24, 2.45) is 5.73 Å². The smallest absolute Gasteiger partial charge is 0.130 e. The molecule has 0 bridgehead atoms. The molecule has 0 aliphatic heterocycles. The van der Waals surface area contributed by atoms with Crippen molar-refractivity contribution in [2.45, 2.75) is 32.9 Å². The second kappa shape index (κ2) is 5.15. The summed E-state index contributed by atoms with van der Waals surface area (Å²) in [5.74, 6) is 0.946. The van der Waals surface area contributed by atoms with Crippen LogP contribution < -0.4 is 5.73 Å². The lowest BCUT2D eigenvalue weighted by Crippen LogP contribution is -2.18. The molecule has 17 heavy (non-hydrogen) atoms. The third kappa shape index (κ3) is 2.39. The van der Waals surface area contributed by atoms with Gasteiger partial charge >= 0.3 is 0 Å². The van der Waals surface area contributed by atoms with Crippen molar-refractivity contribution in [2.75, 3.05) is 0 Å². The van der Waals surface area contributed by atoms with E-state index in [0.717, 1.165) is 24.4 Å². The highest BCUT2D eigenvalue weighted by Crippen LogP contribution is 2.21. The Bertz CT molecular complexity index is 488. The summed E-state index contributed by atoms with van der Waals surface area (Å²) in [5, 5.41) is 0. The van der Waals surface area contributed by atoms with Gasteiger partial charge in [0.25, 0.3) is 0 Å². The lowest BCUT2D eigenvalue weighted by atomic mass is 10.0. The molecule has 0 amide bonds. The lowest BCUT2D eigenvalue weighted by Gasteiger charge is -2.16. The molecule has 0 saturated heterocycles. The second-order valence-electron chi connectivity index (χ2n) is 4.31. The molecule has 2 rings (SSSR count). The molecule has 1 heterocycles. The Morgan fingerprint density at radius 3 is 2.82 bits per heavy atom. The van der Waals surface area contributed by atoms with Crippen LogP contribution in [0.2, 0.25) is 0 Å². The van der Waals surface area contributed by atoms with E-state index in [1.165, 1.54) is 5.56 Å². The number of rotatable bonds is 4. The van der Waals surface area contributed by atoms with Gasteiger partial charge in [0.2, 0.25) is 0 Å². The standard InChI is InChI=1S/C14H19N3/c1-3-9-17-10-8-16-14(17)13(15)12-7-5-4-6-11(12)2/h4-8,10,13H,3,9,15H2,1-2H3. The summed E-state index contributed by atoms with van der Waals surface area (Å²) in [7, 11) is 0. The molecule has 3 nitrogen and oxygen atoms in total. The molecule has 2 aromatic rings. The van der Waals surface area contributed by atoms with E-state index in [0.29, 0.717) is 0 Å². The number of benzene rings is 1. The van der Waals surface area contributed by atoms with Gasteiger partial charge in [-0.05, 0) is 24.5 Å². The summed E-state index contributed by atoms with van der Waals surface area (Å²) >= 11 is 0. The first-order valence-corrected chi connectivity index (χ1v) is 6.06. The highest BCUT2D eigenvalue weighted by atomic mass is 15.1. The quantitative estimate of drug-likeness (QED) is 0.876. The van der Waals surface area contributed by atoms with Crippen molar-refractivity contribution in [3.05, 3.63) is 53.6 Å². The molecule has 0 saturated carbocycles. The number of aryl methyl sites for hydroxylation is 2. The van der Waals surface area contributed by atoms with Crippen molar-refractivity contribution >= 4 is 0 Å². The van der Waals surface area contributed by atoms with Gasteiger partial charge < -0.3 is 10.3 Å². The molecule has 90 valence electrons.